The van der Waals surface area contributed by atoms with Crippen LogP contribution in [-0.4, -0.2) is 7.11 Å². The summed E-state index contributed by atoms with van der Waals surface area (Å²) in [4.78, 5) is 0. The van der Waals surface area contributed by atoms with Gasteiger partial charge in [0.05, 0.1) is 7.11 Å². The molecule has 0 fully saturated rings. The van der Waals surface area contributed by atoms with E-state index in [0.29, 0.717) is 0 Å². The van der Waals surface area contributed by atoms with E-state index < -0.39 is 0 Å². The van der Waals surface area contributed by atoms with Gasteiger partial charge in [-0.1, -0.05) is 121 Å². The van der Waals surface area contributed by atoms with Crippen molar-refractivity contribution >= 4 is 38.0 Å². The van der Waals surface area contributed by atoms with E-state index in [0.717, 1.165) is 55.2 Å². The highest BCUT2D eigenvalue weighted by Gasteiger charge is 2.19. The normalized spacial score (nSPS) is 11.3. The molecular formula is C38H29NO. The molecule has 0 unspecified atom stereocenters. The second kappa shape index (κ2) is 9.59. The summed E-state index contributed by atoms with van der Waals surface area (Å²) in [6.07, 6.45) is 0. The maximum absolute atomic E-state index is 7.20. The molecule has 0 bridgehead atoms. The van der Waals surface area contributed by atoms with Gasteiger partial charge in [0.1, 0.15) is 5.75 Å². The number of nitrogen functional groups attached to an aromatic ring is 1. The summed E-state index contributed by atoms with van der Waals surface area (Å²) >= 11 is 0. The number of fused-ring (bicyclic) bond motifs is 3. The number of aryl methyl sites for hydroxylation is 1. The SMILES string of the molecule is COc1cccc2cccc(-c3cccc4ccc(-c5ccc6cccc(C)c6c5-c5ccccc5)c(N)c34)c12. The molecule has 0 aliphatic carbocycles. The van der Waals surface area contributed by atoms with E-state index in [9.17, 15) is 0 Å². The minimum absolute atomic E-state index is 0.783. The molecule has 0 atom stereocenters. The van der Waals surface area contributed by atoms with Crippen LogP contribution in [0.1, 0.15) is 5.56 Å². The second-order valence-corrected chi connectivity index (χ2v) is 10.3. The highest BCUT2D eigenvalue weighted by atomic mass is 16.5. The van der Waals surface area contributed by atoms with Crippen molar-refractivity contribution in [3.8, 4) is 39.1 Å². The lowest BCUT2D eigenvalue weighted by atomic mass is 9.85. The van der Waals surface area contributed by atoms with Crippen molar-refractivity contribution in [1.82, 2.24) is 0 Å². The van der Waals surface area contributed by atoms with Gasteiger partial charge in [-0.15, -0.1) is 0 Å². The first kappa shape index (κ1) is 24.0. The number of anilines is 1. The van der Waals surface area contributed by atoms with Gasteiger partial charge in [-0.25, -0.2) is 0 Å². The number of hydrogen-bond acceptors (Lipinski definition) is 2. The molecule has 0 amide bonds. The molecule has 7 aromatic rings. The lowest BCUT2D eigenvalue weighted by Gasteiger charge is -2.19. The fourth-order valence-electron chi connectivity index (χ4n) is 6.26. The fraction of sp³-hybridized carbons (Fsp3) is 0.0526. The first-order valence-corrected chi connectivity index (χ1v) is 13.6. The van der Waals surface area contributed by atoms with Crippen molar-refractivity contribution in [1.29, 1.82) is 0 Å². The van der Waals surface area contributed by atoms with Crippen LogP contribution in [0.25, 0.3) is 65.7 Å². The molecule has 40 heavy (non-hydrogen) atoms. The zero-order chi connectivity index (χ0) is 27.2. The smallest absolute Gasteiger partial charge is 0.127 e. The minimum Gasteiger partial charge on any atom is -0.496 e. The van der Waals surface area contributed by atoms with Crippen LogP contribution in [0, 0.1) is 6.92 Å². The Morgan fingerprint density at radius 2 is 1.05 bits per heavy atom. The van der Waals surface area contributed by atoms with Crippen molar-refractivity contribution in [3.05, 3.63) is 133 Å². The average Bonchev–Trinajstić information content (AvgIpc) is 3.00. The average molecular weight is 516 g/mol. The van der Waals surface area contributed by atoms with Crippen LogP contribution in [0.15, 0.2) is 127 Å². The zero-order valence-electron chi connectivity index (χ0n) is 22.6. The summed E-state index contributed by atoms with van der Waals surface area (Å²) in [6.45, 7) is 2.19. The van der Waals surface area contributed by atoms with Gasteiger partial charge in [0.15, 0.2) is 0 Å². The summed E-state index contributed by atoms with van der Waals surface area (Å²) in [5.41, 5.74) is 16.0. The van der Waals surface area contributed by atoms with E-state index in [4.69, 9.17) is 10.5 Å². The van der Waals surface area contributed by atoms with Crippen LogP contribution in [0.3, 0.4) is 0 Å². The number of methoxy groups -OCH3 is 1. The Morgan fingerprint density at radius 1 is 0.475 bits per heavy atom. The van der Waals surface area contributed by atoms with Crippen molar-refractivity contribution in [2.45, 2.75) is 6.92 Å². The number of nitrogens with two attached hydrogens (primary N) is 1. The molecule has 0 spiro atoms. The molecule has 7 aromatic carbocycles. The van der Waals surface area contributed by atoms with Gasteiger partial charge in [0.25, 0.3) is 0 Å². The molecule has 0 heterocycles. The molecule has 7 rings (SSSR count). The molecule has 0 aliphatic rings. The predicted molar refractivity (Wildman–Crippen MR) is 171 cm³/mol. The fourth-order valence-corrected chi connectivity index (χ4v) is 6.26. The summed E-state index contributed by atoms with van der Waals surface area (Å²) in [6, 6.07) is 45.0. The van der Waals surface area contributed by atoms with Crippen LogP contribution in [0.2, 0.25) is 0 Å². The Labute approximate surface area is 234 Å². The molecule has 2 N–H and O–H groups in total. The third kappa shape index (κ3) is 3.72. The van der Waals surface area contributed by atoms with E-state index in [1.54, 1.807) is 7.11 Å². The standard InChI is InChI=1S/C38H29NO/c1-24-10-6-13-27-20-22-31(36(34(24)27)26-11-4-3-5-12-26)32-23-21-28-15-8-18-30(37(28)38(32)39)29-17-7-14-25-16-9-19-33(40-2)35(25)29/h3-23H,39H2,1-2H3. The van der Waals surface area contributed by atoms with Gasteiger partial charge in [0.2, 0.25) is 0 Å². The summed E-state index contributed by atoms with van der Waals surface area (Å²) in [7, 11) is 1.73. The molecule has 0 saturated heterocycles. The van der Waals surface area contributed by atoms with Crippen molar-refractivity contribution in [2.24, 2.45) is 0 Å². The Balaban J connectivity index is 1.57. The number of benzene rings is 7. The predicted octanol–water partition coefficient (Wildman–Crippen LogP) is 10.0. The molecule has 0 aliphatic heterocycles. The zero-order valence-corrected chi connectivity index (χ0v) is 22.6. The van der Waals surface area contributed by atoms with Gasteiger partial charge in [-0.2, -0.15) is 0 Å². The third-order valence-electron chi connectivity index (χ3n) is 8.07. The van der Waals surface area contributed by atoms with Crippen LogP contribution >= 0.6 is 0 Å². The topological polar surface area (TPSA) is 35.2 Å². The van der Waals surface area contributed by atoms with Gasteiger partial charge < -0.3 is 10.5 Å². The van der Waals surface area contributed by atoms with Crippen LogP contribution in [-0.2, 0) is 0 Å². The van der Waals surface area contributed by atoms with Crippen LogP contribution < -0.4 is 10.5 Å². The van der Waals surface area contributed by atoms with Crippen molar-refractivity contribution in [2.75, 3.05) is 12.8 Å². The summed E-state index contributed by atoms with van der Waals surface area (Å²) in [5, 5.41) is 6.89. The molecular weight excluding hydrogens is 486 g/mol. The molecule has 0 aromatic heterocycles. The third-order valence-corrected chi connectivity index (χ3v) is 8.07. The maximum Gasteiger partial charge on any atom is 0.127 e. The van der Waals surface area contributed by atoms with Crippen LogP contribution in [0.5, 0.6) is 5.75 Å². The van der Waals surface area contributed by atoms with E-state index in [1.807, 2.05) is 12.1 Å². The Hall–Kier alpha value is -5.08. The molecule has 2 nitrogen and oxygen atoms in total. The van der Waals surface area contributed by atoms with E-state index in [2.05, 4.69) is 122 Å². The van der Waals surface area contributed by atoms with Crippen LogP contribution in [0.4, 0.5) is 5.69 Å². The van der Waals surface area contributed by atoms with Crippen molar-refractivity contribution in [3.63, 3.8) is 0 Å². The Kier molecular flexibility index (Phi) is 5.75. The number of rotatable bonds is 4. The van der Waals surface area contributed by atoms with Gasteiger partial charge in [-0.05, 0) is 67.9 Å². The van der Waals surface area contributed by atoms with Crippen molar-refractivity contribution < 1.29 is 4.74 Å². The highest BCUT2D eigenvalue weighted by Crippen LogP contribution is 2.46. The van der Waals surface area contributed by atoms with E-state index in [-0.39, 0.29) is 0 Å². The monoisotopic (exact) mass is 515 g/mol. The van der Waals surface area contributed by atoms with Gasteiger partial charge in [0, 0.05) is 22.0 Å². The molecule has 2 heteroatoms. The Bertz CT molecular complexity index is 2050. The minimum atomic E-state index is 0.783. The lowest BCUT2D eigenvalue weighted by molar-refractivity contribution is 0.420. The first-order valence-electron chi connectivity index (χ1n) is 13.6. The highest BCUT2D eigenvalue weighted by molar-refractivity contribution is 6.15. The van der Waals surface area contributed by atoms with E-state index in [1.165, 1.54) is 27.5 Å². The number of hydrogen-bond donors (Lipinski definition) is 1. The second-order valence-electron chi connectivity index (χ2n) is 10.3. The summed E-state index contributed by atoms with van der Waals surface area (Å²) in [5.74, 6) is 0.858. The Morgan fingerprint density at radius 3 is 1.75 bits per heavy atom. The van der Waals surface area contributed by atoms with Gasteiger partial charge in [-0.3, -0.25) is 0 Å². The quantitative estimate of drug-likeness (QED) is 0.237. The largest absolute Gasteiger partial charge is 0.496 e. The number of ether oxygens (including phenoxy) is 1. The van der Waals surface area contributed by atoms with E-state index >= 15 is 0 Å². The first-order chi connectivity index (χ1) is 19.7. The maximum atomic E-state index is 7.20. The lowest BCUT2D eigenvalue weighted by Crippen LogP contribution is -1.97. The van der Waals surface area contributed by atoms with Gasteiger partial charge >= 0.3 is 0 Å². The molecule has 192 valence electrons. The summed E-state index contributed by atoms with van der Waals surface area (Å²) < 4.78 is 5.81. The molecule has 0 radical (unpaired) electrons. The molecule has 0 saturated carbocycles.